The summed E-state index contributed by atoms with van der Waals surface area (Å²) in [6.45, 7) is 3.35. The fraction of sp³-hybridized carbons (Fsp3) is 0.500. The molecule has 5 rings (SSSR count). The van der Waals surface area contributed by atoms with Gasteiger partial charge in [-0.05, 0) is 45.4 Å². The Hall–Kier alpha value is -3.41. The minimum absolute atomic E-state index is 0.152. The van der Waals surface area contributed by atoms with E-state index in [1.165, 1.54) is 0 Å². The van der Waals surface area contributed by atoms with Gasteiger partial charge in [0.2, 0.25) is 17.8 Å². The minimum Gasteiger partial charge on any atom is -0.381 e. The number of hydrogen-bond donors (Lipinski definition) is 3. The largest absolute Gasteiger partial charge is 0.381 e. The number of halogens is 3. The van der Waals surface area contributed by atoms with Crippen molar-refractivity contribution < 1.29 is 22.7 Å². The second-order valence-electron chi connectivity index (χ2n) is 9.78. The highest BCUT2D eigenvalue weighted by atomic mass is 19.1. The molecule has 3 aromatic rings. The fourth-order valence-corrected chi connectivity index (χ4v) is 4.99. The van der Waals surface area contributed by atoms with Gasteiger partial charge in [-0.2, -0.15) is 4.98 Å². The number of amides is 1. The zero-order chi connectivity index (χ0) is 25.4. The van der Waals surface area contributed by atoms with E-state index >= 15 is 0 Å². The lowest BCUT2D eigenvalue weighted by Crippen LogP contribution is -2.41. The minimum atomic E-state index is -1.08. The molecule has 12 heteroatoms. The van der Waals surface area contributed by atoms with E-state index in [0.29, 0.717) is 68.1 Å². The number of nitrogens with one attached hydrogen (secondary N) is 2. The molecular formula is C24H28F3N7O2. The molecule has 0 unspecified atom stereocenters. The predicted octanol–water partition coefficient (Wildman–Crippen LogP) is 4.18. The lowest BCUT2D eigenvalue weighted by atomic mass is 9.85. The Kier molecular flexibility index (Phi) is 6.45. The summed E-state index contributed by atoms with van der Waals surface area (Å²) in [5, 5.41) is 6.10. The number of nitrogens with two attached hydrogens (primary N) is 1. The first-order valence-electron chi connectivity index (χ1n) is 12.0. The molecule has 1 saturated heterocycles. The number of fused-ring (bicyclic) bond motifs is 1. The predicted molar refractivity (Wildman–Crippen MR) is 127 cm³/mol. The highest BCUT2D eigenvalue weighted by Crippen LogP contribution is 2.38. The smallest absolute Gasteiger partial charge is 0.225 e. The molecule has 1 saturated carbocycles. The van der Waals surface area contributed by atoms with E-state index in [1.807, 2.05) is 0 Å². The van der Waals surface area contributed by atoms with Gasteiger partial charge in [-0.25, -0.2) is 23.1 Å². The molecule has 2 fully saturated rings. The van der Waals surface area contributed by atoms with Gasteiger partial charge in [0.05, 0.1) is 6.20 Å². The Morgan fingerprint density at radius 2 is 1.78 bits per heavy atom. The summed E-state index contributed by atoms with van der Waals surface area (Å²) in [5.74, 6) is -3.17. The van der Waals surface area contributed by atoms with Crippen molar-refractivity contribution in [1.82, 2.24) is 19.5 Å². The molecular weight excluding hydrogens is 475 g/mol. The molecule has 3 heterocycles. The Labute approximate surface area is 205 Å². The Morgan fingerprint density at radius 3 is 2.42 bits per heavy atom. The number of anilines is 3. The topological polar surface area (TPSA) is 120 Å². The molecule has 0 bridgehead atoms. The van der Waals surface area contributed by atoms with Crippen LogP contribution >= 0.6 is 0 Å². The van der Waals surface area contributed by atoms with Gasteiger partial charge in [0.15, 0.2) is 17.3 Å². The highest BCUT2D eigenvalue weighted by Gasteiger charge is 2.31. The van der Waals surface area contributed by atoms with Crippen molar-refractivity contribution in [3.8, 4) is 0 Å². The van der Waals surface area contributed by atoms with Crippen LogP contribution in [0.5, 0.6) is 0 Å². The third-order valence-electron chi connectivity index (χ3n) is 7.15. The van der Waals surface area contributed by atoms with Crippen LogP contribution in [0.25, 0.3) is 11.2 Å². The number of aromatic nitrogens is 4. The summed E-state index contributed by atoms with van der Waals surface area (Å²) in [4.78, 5) is 25.3. The van der Waals surface area contributed by atoms with Gasteiger partial charge in [0.25, 0.3) is 0 Å². The number of benzene rings is 1. The van der Waals surface area contributed by atoms with E-state index < -0.39 is 23.1 Å². The van der Waals surface area contributed by atoms with Gasteiger partial charge in [0, 0.05) is 42.8 Å². The van der Waals surface area contributed by atoms with E-state index in [0.717, 1.165) is 12.8 Å². The summed E-state index contributed by atoms with van der Waals surface area (Å²) in [6, 6.07) is 1.06. The Morgan fingerprint density at radius 1 is 1.11 bits per heavy atom. The second kappa shape index (κ2) is 9.57. The normalized spacial score (nSPS) is 21.9. The van der Waals surface area contributed by atoms with Gasteiger partial charge < -0.3 is 21.1 Å². The van der Waals surface area contributed by atoms with Crippen molar-refractivity contribution in [3.05, 3.63) is 35.8 Å². The number of hydrogen-bond acceptors (Lipinski definition) is 7. The van der Waals surface area contributed by atoms with E-state index in [2.05, 4.69) is 27.5 Å². The SMILES string of the molecule is CC1(Nc2ncc3nc(Nc4c(F)cc(F)cc4F)n([C@H]4CC[C@@H](C(N)=O)CC4)c3n2)CCOCC1. The van der Waals surface area contributed by atoms with E-state index in [-0.39, 0.29) is 29.4 Å². The first kappa shape index (κ1) is 24.3. The van der Waals surface area contributed by atoms with Crippen LogP contribution in [0.1, 0.15) is 51.5 Å². The number of rotatable bonds is 6. The standard InChI is InChI=1S/C24H28F3N7O2/c1-24(6-8-36-9-7-24)33-22-29-12-18-21(32-22)34(15-4-2-13(3-5-15)20(28)35)23(30-18)31-19-16(26)10-14(25)11-17(19)27/h10-13,15H,2-9H2,1H3,(H2,28,35)(H,30,31)(H,29,32,33)/t13-,15+. The van der Waals surface area contributed by atoms with Crippen molar-refractivity contribution in [2.75, 3.05) is 23.8 Å². The van der Waals surface area contributed by atoms with Crippen LogP contribution in [-0.4, -0.2) is 44.2 Å². The van der Waals surface area contributed by atoms with Gasteiger partial charge in [-0.15, -0.1) is 0 Å². The molecule has 1 aromatic carbocycles. The number of primary amides is 1. The maximum absolute atomic E-state index is 14.5. The van der Waals surface area contributed by atoms with E-state index in [1.54, 1.807) is 10.8 Å². The van der Waals surface area contributed by atoms with Crippen LogP contribution in [-0.2, 0) is 9.53 Å². The maximum Gasteiger partial charge on any atom is 0.225 e. The number of carbonyl (C=O) groups is 1. The summed E-state index contributed by atoms with van der Waals surface area (Å²) in [6.07, 6.45) is 5.50. The molecule has 9 nitrogen and oxygen atoms in total. The van der Waals surface area contributed by atoms with Crippen LogP contribution < -0.4 is 16.4 Å². The van der Waals surface area contributed by atoms with Crippen LogP contribution in [0.3, 0.4) is 0 Å². The molecule has 4 N–H and O–H groups in total. The zero-order valence-corrected chi connectivity index (χ0v) is 19.9. The molecule has 1 amide bonds. The molecule has 36 heavy (non-hydrogen) atoms. The molecule has 0 atom stereocenters. The number of ether oxygens (including phenoxy) is 1. The lowest BCUT2D eigenvalue weighted by Gasteiger charge is -2.34. The average molecular weight is 504 g/mol. The average Bonchev–Trinajstić information content (AvgIpc) is 3.19. The Balaban J connectivity index is 1.54. The van der Waals surface area contributed by atoms with Crippen molar-refractivity contribution in [1.29, 1.82) is 0 Å². The van der Waals surface area contributed by atoms with Gasteiger partial charge in [-0.3, -0.25) is 9.36 Å². The lowest BCUT2D eigenvalue weighted by molar-refractivity contribution is -0.122. The van der Waals surface area contributed by atoms with Crippen LogP contribution in [0.15, 0.2) is 18.3 Å². The van der Waals surface area contributed by atoms with Crippen molar-refractivity contribution >= 4 is 34.7 Å². The first-order valence-corrected chi connectivity index (χ1v) is 12.0. The Bertz CT molecular complexity index is 1260. The quantitative estimate of drug-likeness (QED) is 0.461. The number of imidazole rings is 1. The maximum atomic E-state index is 14.5. The third-order valence-corrected chi connectivity index (χ3v) is 7.15. The summed E-state index contributed by atoms with van der Waals surface area (Å²) >= 11 is 0. The number of carbonyl (C=O) groups excluding carboxylic acids is 1. The molecule has 2 aromatic heterocycles. The van der Waals surface area contributed by atoms with E-state index in [9.17, 15) is 18.0 Å². The van der Waals surface area contributed by atoms with Crippen LogP contribution in [0.4, 0.5) is 30.8 Å². The monoisotopic (exact) mass is 503 g/mol. The van der Waals surface area contributed by atoms with E-state index in [4.69, 9.17) is 15.5 Å². The fourth-order valence-electron chi connectivity index (χ4n) is 4.99. The van der Waals surface area contributed by atoms with Crippen molar-refractivity contribution in [2.45, 2.75) is 57.0 Å². The molecule has 192 valence electrons. The summed E-state index contributed by atoms with van der Waals surface area (Å²) in [7, 11) is 0. The highest BCUT2D eigenvalue weighted by molar-refractivity contribution is 5.78. The molecule has 0 spiro atoms. The third kappa shape index (κ3) is 4.81. The van der Waals surface area contributed by atoms with Gasteiger partial charge in [-0.1, -0.05) is 0 Å². The van der Waals surface area contributed by atoms with Gasteiger partial charge >= 0.3 is 0 Å². The van der Waals surface area contributed by atoms with Gasteiger partial charge in [0.1, 0.15) is 17.0 Å². The summed E-state index contributed by atoms with van der Waals surface area (Å²) < 4.78 is 49.6. The summed E-state index contributed by atoms with van der Waals surface area (Å²) in [5.41, 5.74) is 5.66. The van der Waals surface area contributed by atoms with Crippen LogP contribution in [0, 0.1) is 23.4 Å². The van der Waals surface area contributed by atoms with Crippen molar-refractivity contribution in [3.63, 3.8) is 0 Å². The molecule has 2 aliphatic rings. The van der Waals surface area contributed by atoms with Crippen molar-refractivity contribution in [2.24, 2.45) is 11.7 Å². The first-order chi connectivity index (χ1) is 17.2. The molecule has 1 aliphatic heterocycles. The van der Waals surface area contributed by atoms with Crippen LogP contribution in [0.2, 0.25) is 0 Å². The zero-order valence-electron chi connectivity index (χ0n) is 19.9. The number of nitrogens with zero attached hydrogens (tertiary/aromatic N) is 4. The molecule has 1 aliphatic carbocycles. The molecule has 0 radical (unpaired) electrons. The second-order valence-corrected chi connectivity index (χ2v) is 9.78.